The van der Waals surface area contributed by atoms with Gasteiger partial charge in [0, 0.05) is 26.2 Å². The summed E-state index contributed by atoms with van der Waals surface area (Å²) >= 11 is 0. The van der Waals surface area contributed by atoms with Crippen LogP contribution in [-0.2, 0) is 20.9 Å². The Bertz CT molecular complexity index is 1140. The Labute approximate surface area is 208 Å². The highest BCUT2D eigenvalue weighted by Crippen LogP contribution is 2.28. The molecule has 3 heterocycles. The van der Waals surface area contributed by atoms with Gasteiger partial charge >= 0.3 is 0 Å². The van der Waals surface area contributed by atoms with Gasteiger partial charge in [-0.25, -0.2) is 14.8 Å². The van der Waals surface area contributed by atoms with Crippen molar-refractivity contribution in [2.75, 3.05) is 38.6 Å². The number of carbonyl (C=O) groups excluding carboxylic acids is 3. The third-order valence-corrected chi connectivity index (χ3v) is 6.09. The summed E-state index contributed by atoms with van der Waals surface area (Å²) < 4.78 is 19.7. The fraction of sp³-hybridized carbons (Fsp3) is 0.417. The molecule has 0 bridgehead atoms. The first-order chi connectivity index (χ1) is 17.4. The second-order valence-corrected chi connectivity index (χ2v) is 8.70. The van der Waals surface area contributed by atoms with Crippen LogP contribution in [0.15, 0.2) is 46.6 Å². The Kier molecular flexibility index (Phi) is 7.96. The van der Waals surface area contributed by atoms with Crippen molar-refractivity contribution in [2.24, 2.45) is 10.9 Å². The van der Waals surface area contributed by atoms with Gasteiger partial charge in [-0.1, -0.05) is 6.07 Å². The number of anilines is 1. The van der Waals surface area contributed by atoms with Crippen molar-refractivity contribution < 1.29 is 23.5 Å². The number of nitrogens with zero attached hydrogens (tertiary/aromatic N) is 2. The van der Waals surface area contributed by atoms with E-state index in [1.54, 1.807) is 18.2 Å². The number of aliphatic imine (C=N–C) groups is 1. The van der Waals surface area contributed by atoms with Crippen molar-refractivity contribution in [1.29, 1.82) is 0 Å². The van der Waals surface area contributed by atoms with E-state index >= 15 is 0 Å². The van der Waals surface area contributed by atoms with E-state index < -0.39 is 17.6 Å². The Morgan fingerprint density at radius 2 is 2.00 bits per heavy atom. The van der Waals surface area contributed by atoms with Gasteiger partial charge in [0.05, 0.1) is 5.69 Å². The van der Waals surface area contributed by atoms with Crippen LogP contribution in [0.25, 0.3) is 0 Å². The molecule has 0 atom stereocenters. The second-order valence-electron chi connectivity index (χ2n) is 8.70. The molecule has 3 amide bonds. The van der Waals surface area contributed by atoms with Crippen LogP contribution in [-0.4, -0.2) is 61.7 Å². The molecule has 0 aliphatic carbocycles. The number of hydrogen-bond donors (Lipinski definition) is 5. The summed E-state index contributed by atoms with van der Waals surface area (Å²) in [4.78, 5) is 41.7. The van der Waals surface area contributed by atoms with Crippen molar-refractivity contribution in [2.45, 2.75) is 26.3 Å². The largest absolute Gasteiger partial charge is 0.482 e. The van der Waals surface area contributed by atoms with Crippen LogP contribution in [0.1, 0.15) is 25.3 Å². The highest BCUT2D eigenvalue weighted by Gasteiger charge is 2.29. The van der Waals surface area contributed by atoms with Gasteiger partial charge in [-0.2, -0.15) is 0 Å². The van der Waals surface area contributed by atoms with Gasteiger partial charge in [0.25, 0.3) is 17.7 Å². The molecule has 4 rings (SSSR count). The van der Waals surface area contributed by atoms with E-state index in [0.717, 1.165) is 25.9 Å². The maximum atomic E-state index is 14.4. The molecule has 0 spiro atoms. The smallest absolute Gasteiger partial charge is 0.270 e. The molecular formula is C24H30FN7O4. The van der Waals surface area contributed by atoms with E-state index in [0.29, 0.717) is 29.5 Å². The first kappa shape index (κ1) is 25.3. The number of hydrazine groups is 1. The van der Waals surface area contributed by atoms with Gasteiger partial charge < -0.3 is 26.0 Å². The number of nitrogens with one attached hydrogen (secondary N) is 5. The van der Waals surface area contributed by atoms with Gasteiger partial charge in [0.1, 0.15) is 23.0 Å². The molecule has 1 saturated heterocycles. The Hall–Kier alpha value is -3.77. The van der Waals surface area contributed by atoms with Crippen LogP contribution < -0.4 is 31.4 Å². The first-order valence-corrected chi connectivity index (χ1v) is 11.8. The number of piperidine rings is 1. The molecule has 1 fully saturated rings. The summed E-state index contributed by atoms with van der Waals surface area (Å²) in [5.74, 6) is -1.21. The van der Waals surface area contributed by atoms with E-state index in [4.69, 9.17) is 4.74 Å². The molecule has 0 aromatic heterocycles. The summed E-state index contributed by atoms with van der Waals surface area (Å²) in [6.07, 6.45) is 3.24. The minimum Gasteiger partial charge on any atom is -0.482 e. The van der Waals surface area contributed by atoms with Gasteiger partial charge in [-0.3, -0.25) is 19.4 Å². The topological polar surface area (TPSA) is 136 Å². The summed E-state index contributed by atoms with van der Waals surface area (Å²) in [7, 11) is 1.54. The fourth-order valence-electron chi connectivity index (χ4n) is 4.17. The van der Waals surface area contributed by atoms with Gasteiger partial charge in [-0.05, 0) is 56.5 Å². The van der Waals surface area contributed by atoms with E-state index in [9.17, 15) is 18.8 Å². The molecule has 1 aromatic carbocycles. The van der Waals surface area contributed by atoms with Crippen molar-refractivity contribution in [3.05, 3.63) is 47.2 Å². The number of allylic oxidation sites excluding steroid dienone is 1. The summed E-state index contributed by atoms with van der Waals surface area (Å²) in [5, 5.41) is 12.9. The molecule has 192 valence electrons. The van der Waals surface area contributed by atoms with Crippen LogP contribution in [0, 0.1) is 5.92 Å². The number of fused-ring (bicyclic) bond motifs is 1. The fourth-order valence-corrected chi connectivity index (χ4v) is 4.17. The third kappa shape index (κ3) is 5.89. The highest BCUT2D eigenvalue weighted by atomic mass is 19.1. The van der Waals surface area contributed by atoms with E-state index in [2.05, 4.69) is 31.7 Å². The van der Waals surface area contributed by atoms with Crippen molar-refractivity contribution in [1.82, 2.24) is 26.4 Å². The number of benzene rings is 1. The van der Waals surface area contributed by atoms with Crippen LogP contribution >= 0.6 is 0 Å². The minimum atomic E-state index is -0.656. The van der Waals surface area contributed by atoms with Crippen molar-refractivity contribution in [3.63, 3.8) is 0 Å². The number of ether oxygens (including phenoxy) is 1. The molecule has 3 aliphatic rings. The molecule has 0 radical (unpaired) electrons. The first-order valence-electron chi connectivity index (χ1n) is 11.8. The second kappa shape index (κ2) is 11.3. The molecule has 5 N–H and O–H groups in total. The minimum absolute atomic E-state index is 0.0451. The lowest BCUT2D eigenvalue weighted by atomic mass is 9.98. The zero-order chi connectivity index (χ0) is 25.7. The van der Waals surface area contributed by atoms with Gasteiger partial charge in [0.2, 0.25) is 0 Å². The lowest BCUT2D eigenvalue weighted by Crippen LogP contribution is -2.45. The quantitative estimate of drug-likeness (QED) is 0.372. The highest BCUT2D eigenvalue weighted by molar-refractivity contribution is 6.44. The normalized spacial score (nSPS) is 19.3. The van der Waals surface area contributed by atoms with Crippen LogP contribution in [0.3, 0.4) is 0 Å². The molecule has 1 aromatic rings. The van der Waals surface area contributed by atoms with Crippen LogP contribution in [0.2, 0.25) is 0 Å². The number of halogens is 1. The Morgan fingerprint density at radius 3 is 2.72 bits per heavy atom. The lowest BCUT2D eigenvalue weighted by Gasteiger charge is -2.30. The number of rotatable bonds is 7. The number of carbonyl (C=O) groups is 3. The molecular weight excluding hydrogens is 469 g/mol. The van der Waals surface area contributed by atoms with Crippen LogP contribution in [0.4, 0.5) is 10.1 Å². The average molecular weight is 500 g/mol. The maximum absolute atomic E-state index is 14.4. The van der Waals surface area contributed by atoms with Crippen LogP contribution in [0.5, 0.6) is 5.75 Å². The zero-order valence-corrected chi connectivity index (χ0v) is 20.2. The Balaban J connectivity index is 1.47. The van der Waals surface area contributed by atoms with E-state index in [1.165, 1.54) is 25.1 Å². The SMILES string of the molecule is CNN1C(C(=O)NCC2CCNCC2)=CC(C(=O)NCc2ccc3c(c2)NC(=O)CO3)=N/C1=C(/C)F. The number of amides is 3. The predicted molar refractivity (Wildman–Crippen MR) is 131 cm³/mol. The molecule has 11 nitrogen and oxygen atoms in total. The summed E-state index contributed by atoms with van der Waals surface area (Å²) in [6.45, 7) is 3.57. The van der Waals surface area contributed by atoms with Crippen molar-refractivity contribution in [3.8, 4) is 5.75 Å². The Morgan fingerprint density at radius 1 is 1.22 bits per heavy atom. The van der Waals surface area contributed by atoms with Gasteiger partial charge in [-0.15, -0.1) is 0 Å². The molecule has 12 heteroatoms. The average Bonchev–Trinajstić information content (AvgIpc) is 2.89. The molecule has 3 aliphatic heterocycles. The van der Waals surface area contributed by atoms with Gasteiger partial charge in [0.15, 0.2) is 12.4 Å². The lowest BCUT2D eigenvalue weighted by molar-refractivity contribution is -0.119. The maximum Gasteiger partial charge on any atom is 0.270 e. The van der Waals surface area contributed by atoms with Crippen molar-refractivity contribution >= 4 is 29.1 Å². The third-order valence-electron chi connectivity index (χ3n) is 6.09. The standard InChI is InChI=1S/C24H30FN7O4/c1-14(25)22-31-18(10-19(32(22)26-2)24(35)29-11-15-5-7-27-8-6-15)23(34)28-12-16-3-4-20-17(9-16)30-21(33)13-36-20/h3-4,9-10,15,26-27H,5-8,11-13H2,1-2H3,(H,28,34)(H,29,35)(H,30,33)/b22-14+. The summed E-state index contributed by atoms with van der Waals surface area (Å²) in [5.41, 5.74) is 3.95. The molecule has 0 saturated carbocycles. The van der Waals surface area contributed by atoms with E-state index in [1.807, 2.05) is 0 Å². The molecule has 36 heavy (non-hydrogen) atoms. The monoisotopic (exact) mass is 499 g/mol. The van der Waals surface area contributed by atoms with E-state index in [-0.39, 0.29) is 36.3 Å². The molecule has 0 unspecified atom stereocenters. The zero-order valence-electron chi connectivity index (χ0n) is 20.2. The summed E-state index contributed by atoms with van der Waals surface area (Å²) in [6, 6.07) is 5.16. The number of hydrogen-bond acceptors (Lipinski definition) is 8. The predicted octanol–water partition coefficient (Wildman–Crippen LogP) is 0.683.